The van der Waals surface area contributed by atoms with Crippen LogP contribution < -0.4 is 5.32 Å². The highest BCUT2D eigenvalue weighted by atomic mass is 16.3. The Kier molecular flexibility index (Phi) is 3.70. The van der Waals surface area contributed by atoms with Crippen LogP contribution in [0.25, 0.3) is 0 Å². The Hall–Kier alpha value is -0.760. The van der Waals surface area contributed by atoms with Crippen LogP contribution in [-0.4, -0.2) is 6.54 Å². The van der Waals surface area contributed by atoms with E-state index in [9.17, 15) is 0 Å². The van der Waals surface area contributed by atoms with Crippen LogP contribution in [0.3, 0.4) is 0 Å². The Bertz CT molecular complexity index is 339. The smallest absolute Gasteiger partial charge is 0.105 e. The standard InChI is InChI=1S/C14H23NO/c1-4-15-14(8-7-12-5-6-12)13-9-10(2)16-11(13)3/h9,12,14-15H,4-8H2,1-3H3. The van der Waals surface area contributed by atoms with Crippen LogP contribution in [0.1, 0.15) is 55.7 Å². The fourth-order valence-electron chi connectivity index (χ4n) is 2.42. The molecule has 0 saturated heterocycles. The molecule has 0 radical (unpaired) electrons. The van der Waals surface area contributed by atoms with Gasteiger partial charge in [-0.1, -0.05) is 19.8 Å². The molecule has 1 aliphatic carbocycles. The monoisotopic (exact) mass is 221 g/mol. The summed E-state index contributed by atoms with van der Waals surface area (Å²) in [5.74, 6) is 3.12. The van der Waals surface area contributed by atoms with Crippen molar-refractivity contribution in [1.82, 2.24) is 5.32 Å². The first-order valence-corrected chi connectivity index (χ1v) is 6.51. The van der Waals surface area contributed by atoms with E-state index in [0.717, 1.165) is 24.0 Å². The van der Waals surface area contributed by atoms with Gasteiger partial charge >= 0.3 is 0 Å². The van der Waals surface area contributed by atoms with Gasteiger partial charge in [-0.25, -0.2) is 0 Å². The summed E-state index contributed by atoms with van der Waals surface area (Å²) in [5.41, 5.74) is 1.36. The Balaban J connectivity index is 2.01. The number of furan rings is 1. The molecule has 90 valence electrons. The average molecular weight is 221 g/mol. The van der Waals surface area contributed by atoms with Gasteiger partial charge in [-0.2, -0.15) is 0 Å². The van der Waals surface area contributed by atoms with Crippen molar-refractivity contribution in [1.29, 1.82) is 0 Å². The number of aryl methyl sites for hydroxylation is 2. The highest BCUT2D eigenvalue weighted by molar-refractivity contribution is 5.24. The van der Waals surface area contributed by atoms with E-state index in [-0.39, 0.29) is 0 Å². The third-order valence-corrected chi connectivity index (χ3v) is 3.47. The molecule has 1 aromatic heterocycles. The molecule has 1 saturated carbocycles. The molecule has 16 heavy (non-hydrogen) atoms. The van der Waals surface area contributed by atoms with Crippen molar-refractivity contribution in [3.8, 4) is 0 Å². The molecule has 2 heteroatoms. The maximum absolute atomic E-state index is 5.62. The van der Waals surface area contributed by atoms with Crippen molar-refractivity contribution in [3.63, 3.8) is 0 Å². The minimum Gasteiger partial charge on any atom is -0.466 e. The van der Waals surface area contributed by atoms with Gasteiger partial charge in [0.2, 0.25) is 0 Å². The predicted molar refractivity (Wildman–Crippen MR) is 66.6 cm³/mol. The predicted octanol–water partition coefficient (Wildman–Crippen LogP) is 3.74. The fraction of sp³-hybridized carbons (Fsp3) is 0.714. The van der Waals surface area contributed by atoms with E-state index in [1.54, 1.807) is 0 Å². The lowest BCUT2D eigenvalue weighted by atomic mass is 10.0. The lowest BCUT2D eigenvalue weighted by molar-refractivity contribution is 0.459. The van der Waals surface area contributed by atoms with Gasteiger partial charge in [-0.05, 0) is 45.2 Å². The van der Waals surface area contributed by atoms with Crippen molar-refractivity contribution < 1.29 is 4.42 Å². The van der Waals surface area contributed by atoms with Crippen LogP contribution in [0, 0.1) is 19.8 Å². The number of rotatable bonds is 6. The third-order valence-electron chi connectivity index (χ3n) is 3.47. The second-order valence-corrected chi connectivity index (χ2v) is 5.00. The first-order chi connectivity index (χ1) is 7.70. The highest BCUT2D eigenvalue weighted by Gasteiger charge is 2.24. The van der Waals surface area contributed by atoms with E-state index >= 15 is 0 Å². The molecule has 0 aliphatic heterocycles. The molecule has 1 fully saturated rings. The lowest BCUT2D eigenvalue weighted by Gasteiger charge is -2.17. The molecule has 0 bridgehead atoms. The van der Waals surface area contributed by atoms with Gasteiger partial charge in [0.15, 0.2) is 0 Å². The summed E-state index contributed by atoms with van der Waals surface area (Å²) >= 11 is 0. The second kappa shape index (κ2) is 5.05. The molecule has 0 aromatic carbocycles. The number of nitrogens with one attached hydrogen (secondary N) is 1. The molecular weight excluding hydrogens is 198 g/mol. The molecule has 0 amide bonds. The van der Waals surface area contributed by atoms with Crippen LogP contribution in [0.4, 0.5) is 0 Å². The molecule has 1 N–H and O–H groups in total. The zero-order chi connectivity index (χ0) is 11.5. The topological polar surface area (TPSA) is 25.2 Å². The SMILES string of the molecule is CCNC(CCC1CC1)c1cc(C)oc1C. The van der Waals surface area contributed by atoms with E-state index in [4.69, 9.17) is 4.42 Å². The van der Waals surface area contributed by atoms with Gasteiger partial charge in [0.25, 0.3) is 0 Å². The van der Waals surface area contributed by atoms with Crippen LogP contribution in [0.5, 0.6) is 0 Å². The van der Waals surface area contributed by atoms with Gasteiger partial charge in [-0.3, -0.25) is 0 Å². The Morgan fingerprint density at radius 3 is 2.69 bits per heavy atom. The van der Waals surface area contributed by atoms with Gasteiger partial charge in [0, 0.05) is 11.6 Å². The van der Waals surface area contributed by atoms with Crippen molar-refractivity contribution >= 4 is 0 Å². The Labute approximate surface area is 98.4 Å². The highest BCUT2D eigenvalue weighted by Crippen LogP contribution is 2.36. The van der Waals surface area contributed by atoms with Crippen LogP contribution >= 0.6 is 0 Å². The lowest BCUT2D eigenvalue weighted by Crippen LogP contribution is -2.21. The molecule has 1 aromatic rings. The largest absolute Gasteiger partial charge is 0.466 e. The summed E-state index contributed by atoms with van der Waals surface area (Å²) in [6.07, 6.45) is 5.50. The molecule has 1 unspecified atom stereocenters. The van der Waals surface area contributed by atoms with Gasteiger partial charge < -0.3 is 9.73 Å². The van der Waals surface area contributed by atoms with Crippen molar-refractivity contribution in [2.24, 2.45) is 5.92 Å². The minimum atomic E-state index is 0.489. The maximum Gasteiger partial charge on any atom is 0.105 e. The van der Waals surface area contributed by atoms with Gasteiger partial charge in [0.05, 0.1) is 0 Å². The van der Waals surface area contributed by atoms with Gasteiger partial charge in [-0.15, -0.1) is 0 Å². The van der Waals surface area contributed by atoms with Crippen LogP contribution in [0.2, 0.25) is 0 Å². The molecule has 2 nitrogen and oxygen atoms in total. The Morgan fingerprint density at radius 1 is 1.44 bits per heavy atom. The third kappa shape index (κ3) is 2.88. The zero-order valence-corrected chi connectivity index (χ0v) is 10.7. The first-order valence-electron chi connectivity index (χ1n) is 6.51. The summed E-state index contributed by atoms with van der Waals surface area (Å²) in [6.45, 7) is 7.30. The normalized spacial score (nSPS) is 17.7. The summed E-state index contributed by atoms with van der Waals surface area (Å²) in [6, 6.07) is 2.68. The van der Waals surface area contributed by atoms with E-state index in [2.05, 4.69) is 25.2 Å². The second-order valence-electron chi connectivity index (χ2n) is 5.00. The quantitative estimate of drug-likeness (QED) is 0.791. The summed E-state index contributed by atoms with van der Waals surface area (Å²) in [7, 11) is 0. The molecular formula is C14H23NO. The van der Waals surface area contributed by atoms with Crippen LogP contribution in [0.15, 0.2) is 10.5 Å². The van der Waals surface area contributed by atoms with Gasteiger partial charge in [0.1, 0.15) is 11.5 Å². The Morgan fingerprint density at radius 2 is 2.19 bits per heavy atom. The minimum absolute atomic E-state index is 0.489. The maximum atomic E-state index is 5.62. The van der Waals surface area contributed by atoms with E-state index in [0.29, 0.717) is 6.04 Å². The summed E-state index contributed by atoms with van der Waals surface area (Å²) < 4.78 is 5.62. The molecule has 0 spiro atoms. The van der Waals surface area contributed by atoms with E-state index in [1.807, 2.05) is 6.92 Å². The van der Waals surface area contributed by atoms with Crippen LogP contribution in [-0.2, 0) is 0 Å². The van der Waals surface area contributed by atoms with Crippen molar-refractivity contribution in [2.75, 3.05) is 6.54 Å². The van der Waals surface area contributed by atoms with E-state index < -0.39 is 0 Å². The van der Waals surface area contributed by atoms with Crippen molar-refractivity contribution in [2.45, 2.75) is 52.5 Å². The summed E-state index contributed by atoms with van der Waals surface area (Å²) in [4.78, 5) is 0. The number of hydrogen-bond donors (Lipinski definition) is 1. The zero-order valence-electron chi connectivity index (χ0n) is 10.7. The molecule has 1 heterocycles. The summed E-state index contributed by atoms with van der Waals surface area (Å²) in [5, 5.41) is 3.58. The number of hydrogen-bond acceptors (Lipinski definition) is 2. The molecule has 2 rings (SSSR count). The van der Waals surface area contributed by atoms with Crippen molar-refractivity contribution in [3.05, 3.63) is 23.2 Å². The van der Waals surface area contributed by atoms with E-state index in [1.165, 1.54) is 31.2 Å². The molecule has 1 atom stereocenters. The molecule has 1 aliphatic rings. The fourth-order valence-corrected chi connectivity index (χ4v) is 2.42. The first kappa shape index (κ1) is 11.7. The average Bonchev–Trinajstić information content (AvgIpc) is 2.99.